The van der Waals surface area contributed by atoms with Gasteiger partial charge in [-0.25, -0.2) is 0 Å². The van der Waals surface area contributed by atoms with Crippen molar-refractivity contribution in [2.45, 2.75) is 258 Å². The van der Waals surface area contributed by atoms with Crippen molar-refractivity contribution in [1.82, 2.24) is 0 Å². The monoisotopic (exact) mass is 1200 g/mol. The summed E-state index contributed by atoms with van der Waals surface area (Å²) < 4.78 is 20.0. The summed E-state index contributed by atoms with van der Waals surface area (Å²) in [7, 11) is -5.59. The summed E-state index contributed by atoms with van der Waals surface area (Å²) in [5, 5.41) is 18.2. The van der Waals surface area contributed by atoms with Crippen molar-refractivity contribution >= 4 is 42.3 Å². The van der Waals surface area contributed by atoms with Gasteiger partial charge in [-0.1, -0.05) is 173 Å². The van der Waals surface area contributed by atoms with E-state index in [1.807, 2.05) is 30.4 Å². The van der Waals surface area contributed by atoms with Crippen molar-refractivity contribution in [1.29, 1.82) is 0 Å². The molecule has 0 aromatic heterocycles. The highest BCUT2D eigenvalue weighted by Crippen LogP contribution is 2.41. The van der Waals surface area contributed by atoms with E-state index in [9.17, 15) is 14.4 Å². The van der Waals surface area contributed by atoms with E-state index >= 15 is 0 Å². The Morgan fingerprint density at radius 2 is 0.735 bits per heavy atom. The van der Waals surface area contributed by atoms with E-state index < -0.39 is 25.0 Å². The first-order valence-corrected chi connectivity index (χ1v) is 40.4. The van der Waals surface area contributed by atoms with Crippen LogP contribution in [0.25, 0.3) is 0 Å². The quantitative estimate of drug-likeness (QED) is 0.0283. The standard InChI is InChI=1S/C26H44O3Si.C24H40O3Si.C22H36O2Si/c1-7-8-12-16-23(29-30(5,6)26(2,3)4)18-19-24-22(17-20-25(24)28)15-13-10-9-11-14-21-27;1-7-13-20-15-18-23(26)22(20)17-16-21(14-11-9-8-10-12-19-25)27-28(5,6)24(2,3)4;1-8-10-11-13-19(24-25(6,7)22(3,4)5)15-16-20-18(12-9-2)14-17-21(20)23/h8,10,12-13,17,19-20,22-23,27H,7,9,11,14-16,18,21H2,1-6H3;7,9,11,15,17-18,20-21,25H,1,8,10,12-14,16,19H2,2-6H3;9-11,14,16-19H,2,8,12-13,15H2,1,3-7H3/b12-8-,13-10-,24-19+;11-9-,22-17+;11-10-,20-16+/t22-,23-;20-,21-;18-,19-/m000/s1. The molecule has 0 fully saturated rings. The van der Waals surface area contributed by atoms with Gasteiger partial charge in [0, 0.05) is 47.7 Å². The second kappa shape index (κ2) is 39.2. The van der Waals surface area contributed by atoms with E-state index in [4.69, 9.17) is 23.5 Å². The lowest BCUT2D eigenvalue weighted by molar-refractivity contribution is -0.112. The molecule has 11 heteroatoms. The van der Waals surface area contributed by atoms with Gasteiger partial charge in [-0.3, -0.25) is 14.4 Å². The summed E-state index contributed by atoms with van der Waals surface area (Å²) in [6.07, 6.45) is 54.3. The number of carbonyl (C=O) groups is 3. The van der Waals surface area contributed by atoms with Crippen LogP contribution in [0.2, 0.25) is 54.4 Å². The Morgan fingerprint density at radius 1 is 0.446 bits per heavy atom. The lowest BCUT2D eigenvalue weighted by Gasteiger charge is -2.39. The van der Waals surface area contributed by atoms with Gasteiger partial charge in [0.05, 0.1) is 18.3 Å². The van der Waals surface area contributed by atoms with Crippen LogP contribution in [0.1, 0.15) is 185 Å². The fourth-order valence-electron chi connectivity index (χ4n) is 8.93. The fourth-order valence-corrected chi connectivity index (χ4v) is 13.1. The minimum absolute atomic E-state index is 0.0836. The van der Waals surface area contributed by atoms with Gasteiger partial charge in [-0.2, -0.15) is 0 Å². The number of allylic oxidation sites excluding steroid dienone is 16. The molecule has 0 aromatic carbocycles. The van der Waals surface area contributed by atoms with Crippen LogP contribution in [-0.2, 0) is 27.7 Å². The molecule has 0 radical (unpaired) electrons. The number of aliphatic hydroxyl groups is 2. The smallest absolute Gasteiger partial charge is 0.192 e. The van der Waals surface area contributed by atoms with Crippen LogP contribution < -0.4 is 0 Å². The topological polar surface area (TPSA) is 119 Å². The van der Waals surface area contributed by atoms with Gasteiger partial charge in [0.25, 0.3) is 0 Å². The van der Waals surface area contributed by atoms with Crippen LogP contribution in [0.4, 0.5) is 0 Å². The molecule has 0 amide bonds. The van der Waals surface area contributed by atoms with Crippen LogP contribution in [-0.4, -0.2) is 84.0 Å². The molecule has 0 heterocycles. The molecule has 0 spiro atoms. The van der Waals surface area contributed by atoms with Crippen molar-refractivity contribution in [3.8, 4) is 0 Å². The Balaban J connectivity index is 0.000000625. The molecule has 0 saturated carbocycles. The molecule has 0 aliphatic heterocycles. The van der Waals surface area contributed by atoms with Crippen molar-refractivity contribution in [2.75, 3.05) is 13.2 Å². The van der Waals surface area contributed by atoms with E-state index in [2.05, 4.69) is 195 Å². The highest BCUT2D eigenvalue weighted by Gasteiger charge is 2.41. The first-order valence-electron chi connectivity index (χ1n) is 31.7. The molecule has 8 nitrogen and oxygen atoms in total. The van der Waals surface area contributed by atoms with Gasteiger partial charge in [-0.05, 0) is 182 Å². The third-order valence-corrected chi connectivity index (χ3v) is 30.8. The van der Waals surface area contributed by atoms with Gasteiger partial charge in [-0.15, -0.1) is 13.2 Å². The first kappa shape index (κ1) is 77.4. The second-order valence-electron chi connectivity index (χ2n) is 27.3. The number of rotatable bonds is 34. The van der Waals surface area contributed by atoms with Crippen molar-refractivity contribution < 1.29 is 37.9 Å². The Labute approximate surface area is 511 Å². The predicted molar refractivity (Wildman–Crippen MR) is 364 cm³/mol. The normalized spacial score (nSPS) is 20.7. The Bertz CT molecular complexity index is 2280. The maximum absolute atomic E-state index is 12.4. The van der Waals surface area contributed by atoms with E-state index in [0.29, 0.717) is 0 Å². The number of hydrogen-bond acceptors (Lipinski definition) is 8. The van der Waals surface area contributed by atoms with Crippen LogP contribution in [0.5, 0.6) is 0 Å². The molecule has 0 bridgehead atoms. The summed E-state index contributed by atoms with van der Waals surface area (Å²) in [5.41, 5.74) is 2.71. The largest absolute Gasteiger partial charge is 0.413 e. The molecule has 0 aromatic rings. The second-order valence-corrected chi connectivity index (χ2v) is 41.6. The lowest BCUT2D eigenvalue weighted by Crippen LogP contribution is -2.43. The van der Waals surface area contributed by atoms with Gasteiger partial charge in [0.15, 0.2) is 42.3 Å². The number of ketones is 3. The van der Waals surface area contributed by atoms with Gasteiger partial charge in [0.1, 0.15) is 0 Å². The summed E-state index contributed by atoms with van der Waals surface area (Å²) in [6.45, 7) is 46.5. The molecular weight excluding hydrogens is 1080 g/mol. The minimum atomic E-state index is -1.89. The maximum atomic E-state index is 12.4. The number of aliphatic hydroxyl groups excluding tert-OH is 2. The summed E-state index contributed by atoms with van der Waals surface area (Å²) >= 11 is 0. The zero-order valence-corrected chi connectivity index (χ0v) is 58.6. The van der Waals surface area contributed by atoms with Crippen molar-refractivity contribution in [3.63, 3.8) is 0 Å². The summed E-state index contributed by atoms with van der Waals surface area (Å²) in [6, 6.07) is 0. The van der Waals surface area contributed by atoms with Crippen LogP contribution in [0.15, 0.2) is 145 Å². The number of carbonyl (C=O) groups excluding carboxylic acids is 3. The summed E-state index contributed by atoms with van der Waals surface area (Å²) in [5.74, 6) is 0.923. The third kappa shape index (κ3) is 29.5. The highest BCUT2D eigenvalue weighted by atomic mass is 28.4. The Kier molecular flexibility index (Phi) is 36.5. The molecule has 3 aliphatic carbocycles. The number of unbranched alkanes of at least 4 members (excludes halogenated alkanes) is 4. The van der Waals surface area contributed by atoms with Crippen molar-refractivity contribution in [3.05, 3.63) is 145 Å². The maximum Gasteiger partial charge on any atom is 0.192 e. The van der Waals surface area contributed by atoms with Crippen LogP contribution >= 0.6 is 0 Å². The first-order chi connectivity index (χ1) is 38.9. The van der Waals surface area contributed by atoms with Crippen LogP contribution in [0.3, 0.4) is 0 Å². The minimum Gasteiger partial charge on any atom is -0.413 e. The molecular formula is C72H120O8Si3. The molecule has 0 saturated heterocycles. The molecule has 3 aliphatic rings. The molecule has 83 heavy (non-hydrogen) atoms. The number of hydrogen-bond donors (Lipinski definition) is 2. The third-order valence-electron chi connectivity index (χ3n) is 17.2. The average Bonchev–Trinajstić information content (AvgIpc) is 4.22. The van der Waals surface area contributed by atoms with E-state index in [0.717, 1.165) is 126 Å². The Morgan fingerprint density at radius 3 is 1.01 bits per heavy atom. The van der Waals surface area contributed by atoms with E-state index in [-0.39, 0.29) is 81.7 Å². The van der Waals surface area contributed by atoms with Gasteiger partial charge >= 0.3 is 0 Å². The summed E-state index contributed by atoms with van der Waals surface area (Å²) in [4.78, 5) is 36.8. The SMILES string of the molecule is C=CC[C@H]1C=CC(=O)/C1=C/C[C@H](C/C=C\CC)O[Si](C)(C)C(C)(C)C.C=CC[C@H]1C=CC(=O)/C1=C/C[C@H](C/C=C\CCCCO)O[Si](C)(C)C(C)(C)C.CC/C=C\C[C@@H](C/C=C1/C(=O)C=C[C@@H]1C/C=C\CCCCO)O[Si](C)(C)C(C)(C)C. The fraction of sp³-hybridized carbons (Fsp3) is 0.625. The van der Waals surface area contributed by atoms with Crippen LogP contribution in [0, 0.1) is 17.8 Å². The van der Waals surface area contributed by atoms with Gasteiger partial charge in [0.2, 0.25) is 0 Å². The molecule has 3 rings (SSSR count). The zero-order chi connectivity index (χ0) is 62.9. The molecule has 468 valence electrons. The van der Waals surface area contributed by atoms with E-state index in [1.54, 1.807) is 18.2 Å². The molecule has 6 atom stereocenters. The zero-order valence-electron chi connectivity index (χ0n) is 55.6. The van der Waals surface area contributed by atoms with Gasteiger partial charge < -0.3 is 23.5 Å². The predicted octanol–water partition coefficient (Wildman–Crippen LogP) is 19.4. The molecule has 2 N–H and O–H groups in total. The highest BCUT2D eigenvalue weighted by molar-refractivity contribution is 6.75. The average molecular weight is 1200 g/mol. The van der Waals surface area contributed by atoms with Crippen molar-refractivity contribution in [2.24, 2.45) is 17.8 Å². The lowest BCUT2D eigenvalue weighted by atomic mass is 9.96. The molecule has 0 unspecified atom stereocenters. The Hall–Kier alpha value is -3.66. The van der Waals surface area contributed by atoms with E-state index in [1.165, 1.54) is 0 Å².